The number of ether oxygens (including phenoxy) is 1. The molecule has 0 aliphatic carbocycles. The fourth-order valence-electron chi connectivity index (χ4n) is 9.20. The van der Waals surface area contributed by atoms with Crippen LogP contribution in [0.25, 0.3) is 0 Å². The summed E-state index contributed by atoms with van der Waals surface area (Å²) in [6.45, 7) is 27.2. The molecule has 3 aliphatic rings. The summed E-state index contributed by atoms with van der Waals surface area (Å²) in [5.74, 6) is -2.49. The molecule has 1 spiro atoms. The van der Waals surface area contributed by atoms with Gasteiger partial charge < -0.3 is 24.5 Å². The van der Waals surface area contributed by atoms with Crippen LogP contribution in [0.5, 0.6) is 0 Å². The highest BCUT2D eigenvalue weighted by atomic mass is 16.5. The summed E-state index contributed by atoms with van der Waals surface area (Å²) in [5.41, 5.74) is -1.84. The molecule has 3 unspecified atom stereocenters. The Morgan fingerprint density at radius 3 is 2.26 bits per heavy atom. The van der Waals surface area contributed by atoms with Gasteiger partial charge in [-0.1, -0.05) is 90.4 Å². The van der Waals surface area contributed by atoms with E-state index >= 15 is 9.59 Å². The molecule has 3 aliphatic heterocycles. The lowest BCUT2D eigenvalue weighted by Gasteiger charge is -2.47. The van der Waals surface area contributed by atoms with Gasteiger partial charge in [0.15, 0.2) is 0 Å². The van der Waals surface area contributed by atoms with Crippen molar-refractivity contribution in [3.63, 3.8) is 0 Å². The van der Waals surface area contributed by atoms with Crippen LogP contribution in [0.1, 0.15) is 87.1 Å². The first-order chi connectivity index (χ1) is 21.9. The van der Waals surface area contributed by atoms with Crippen LogP contribution >= 0.6 is 0 Å². The number of carbonyl (C=O) groups is 3. The minimum absolute atomic E-state index is 0.0747. The maximum atomic E-state index is 15.3. The number of amides is 3. The van der Waals surface area contributed by atoms with Crippen LogP contribution in [0, 0.1) is 29.1 Å². The van der Waals surface area contributed by atoms with Gasteiger partial charge in [-0.25, -0.2) is 0 Å². The summed E-state index contributed by atoms with van der Waals surface area (Å²) in [6.07, 6.45) is 5.34. The average molecular weight is 650 g/mol. The SMILES string of the molecule is C=CCN(Cc1ccccc1)C(=O)[C@@H]1[C@H]2C(=O)N([C@@H](CO)[C@@H](C)CC)C(C(=O)N(CC=C)C(C)(C)CC(C)(C)C)C23CC(C)[C@@]1(C)O3. The molecule has 8 nitrogen and oxygen atoms in total. The second-order valence-electron chi connectivity index (χ2n) is 16.4. The van der Waals surface area contributed by atoms with E-state index in [1.807, 2.05) is 56.0 Å². The molecule has 260 valence electrons. The van der Waals surface area contributed by atoms with Gasteiger partial charge in [-0.05, 0) is 56.4 Å². The summed E-state index contributed by atoms with van der Waals surface area (Å²) in [7, 11) is 0. The molecule has 1 aromatic carbocycles. The van der Waals surface area contributed by atoms with Gasteiger partial charge in [-0.15, -0.1) is 13.2 Å². The molecule has 47 heavy (non-hydrogen) atoms. The van der Waals surface area contributed by atoms with E-state index in [1.54, 1.807) is 22.0 Å². The van der Waals surface area contributed by atoms with Crippen molar-refractivity contribution in [1.29, 1.82) is 0 Å². The molecule has 0 radical (unpaired) electrons. The van der Waals surface area contributed by atoms with E-state index in [0.717, 1.165) is 12.0 Å². The maximum absolute atomic E-state index is 15.3. The predicted molar refractivity (Wildman–Crippen MR) is 186 cm³/mol. The van der Waals surface area contributed by atoms with Crippen molar-refractivity contribution in [2.45, 2.75) is 117 Å². The van der Waals surface area contributed by atoms with Gasteiger partial charge in [0, 0.05) is 25.2 Å². The van der Waals surface area contributed by atoms with E-state index in [-0.39, 0.29) is 41.6 Å². The number of aliphatic hydroxyl groups is 1. The van der Waals surface area contributed by atoms with Crippen molar-refractivity contribution in [1.82, 2.24) is 14.7 Å². The van der Waals surface area contributed by atoms with Crippen LogP contribution in [-0.2, 0) is 25.7 Å². The Kier molecular flexibility index (Phi) is 10.6. The molecule has 3 heterocycles. The minimum atomic E-state index is -1.21. The summed E-state index contributed by atoms with van der Waals surface area (Å²) in [5, 5.41) is 10.8. The molecule has 1 N–H and O–H groups in total. The molecular formula is C39H59N3O5. The van der Waals surface area contributed by atoms with Gasteiger partial charge in [0.2, 0.25) is 17.7 Å². The quantitative estimate of drug-likeness (QED) is 0.256. The molecule has 0 aromatic heterocycles. The Hall–Kier alpha value is -2.97. The number of likely N-dealkylation sites (tertiary alicyclic amines) is 1. The lowest BCUT2D eigenvalue weighted by atomic mass is 9.62. The Morgan fingerprint density at radius 2 is 1.72 bits per heavy atom. The predicted octanol–water partition coefficient (Wildman–Crippen LogP) is 5.85. The van der Waals surface area contributed by atoms with Gasteiger partial charge >= 0.3 is 0 Å². The van der Waals surface area contributed by atoms with E-state index < -0.39 is 40.7 Å². The third-order valence-corrected chi connectivity index (χ3v) is 11.2. The number of benzene rings is 1. The molecule has 3 saturated heterocycles. The summed E-state index contributed by atoms with van der Waals surface area (Å²) in [4.78, 5) is 50.3. The topological polar surface area (TPSA) is 90.4 Å². The molecule has 8 heteroatoms. The molecule has 8 atom stereocenters. The monoisotopic (exact) mass is 649 g/mol. The second-order valence-corrected chi connectivity index (χ2v) is 16.4. The zero-order valence-corrected chi connectivity index (χ0v) is 30.3. The molecule has 4 rings (SSSR count). The van der Waals surface area contributed by atoms with E-state index in [1.165, 1.54) is 0 Å². The van der Waals surface area contributed by atoms with Crippen LogP contribution in [0.15, 0.2) is 55.6 Å². The van der Waals surface area contributed by atoms with Gasteiger partial charge in [0.25, 0.3) is 0 Å². The lowest BCUT2D eigenvalue weighted by Crippen LogP contribution is -2.63. The highest BCUT2D eigenvalue weighted by Crippen LogP contribution is 2.66. The Balaban J connectivity index is 1.89. The number of hydrogen-bond donors (Lipinski definition) is 1. The zero-order chi connectivity index (χ0) is 35.1. The normalized spacial score (nSPS) is 29.7. The summed E-state index contributed by atoms with van der Waals surface area (Å²) >= 11 is 0. The van der Waals surface area contributed by atoms with Crippen molar-refractivity contribution >= 4 is 17.7 Å². The fraction of sp³-hybridized carbons (Fsp3) is 0.667. The van der Waals surface area contributed by atoms with Crippen LogP contribution < -0.4 is 0 Å². The number of nitrogens with zero attached hydrogens (tertiary/aromatic N) is 3. The fourth-order valence-corrected chi connectivity index (χ4v) is 9.20. The minimum Gasteiger partial charge on any atom is -0.394 e. The van der Waals surface area contributed by atoms with Gasteiger partial charge in [-0.3, -0.25) is 14.4 Å². The molecule has 2 bridgehead atoms. The maximum Gasteiger partial charge on any atom is 0.249 e. The van der Waals surface area contributed by atoms with E-state index in [4.69, 9.17) is 4.74 Å². The number of aliphatic hydroxyl groups excluding tert-OH is 1. The van der Waals surface area contributed by atoms with Crippen molar-refractivity contribution in [3.8, 4) is 0 Å². The largest absolute Gasteiger partial charge is 0.394 e. The van der Waals surface area contributed by atoms with Crippen LogP contribution in [0.3, 0.4) is 0 Å². The molecule has 3 amide bonds. The Labute approximate surface area is 283 Å². The summed E-state index contributed by atoms with van der Waals surface area (Å²) < 4.78 is 7.09. The van der Waals surface area contributed by atoms with Gasteiger partial charge in [0.05, 0.1) is 30.1 Å². The van der Waals surface area contributed by atoms with Gasteiger partial charge in [-0.2, -0.15) is 0 Å². The molecule has 3 fully saturated rings. The highest BCUT2D eigenvalue weighted by Gasteiger charge is 2.80. The van der Waals surface area contributed by atoms with Crippen molar-refractivity contribution < 1.29 is 24.2 Å². The Bertz CT molecular complexity index is 1340. The van der Waals surface area contributed by atoms with Crippen molar-refractivity contribution in [3.05, 3.63) is 61.2 Å². The first-order valence-corrected chi connectivity index (χ1v) is 17.4. The number of carbonyl (C=O) groups excluding carboxylic acids is 3. The first-order valence-electron chi connectivity index (χ1n) is 17.4. The smallest absolute Gasteiger partial charge is 0.249 e. The number of fused-ring (bicyclic) bond motifs is 1. The van der Waals surface area contributed by atoms with E-state index in [0.29, 0.717) is 32.5 Å². The third kappa shape index (κ3) is 6.44. The lowest BCUT2D eigenvalue weighted by molar-refractivity contribution is -0.162. The second kappa shape index (κ2) is 13.5. The zero-order valence-electron chi connectivity index (χ0n) is 30.3. The van der Waals surface area contributed by atoms with Crippen molar-refractivity contribution in [2.24, 2.45) is 29.1 Å². The van der Waals surface area contributed by atoms with Crippen LogP contribution in [0.4, 0.5) is 0 Å². The van der Waals surface area contributed by atoms with Crippen LogP contribution in [0.2, 0.25) is 0 Å². The molecular weight excluding hydrogens is 590 g/mol. The standard InChI is InChI=1S/C39H59N3O5/c1-12-20-40(23-28-18-16-15-17-19-28)33(44)30-31-34(45)42(29(24-43)26(4)14-3)32(39(31)22-27(5)38(30,11)47-39)35(46)41(21-13-2)37(9,10)25-36(6,7)8/h12-13,15-19,26-27,29-32,43H,1-2,14,20-25H2,3-11H3/t26-,27?,29-,30-,31-,32?,38+,39?/m0/s1. The highest BCUT2D eigenvalue weighted by molar-refractivity contribution is 5.99. The Morgan fingerprint density at radius 1 is 1.11 bits per heavy atom. The van der Waals surface area contributed by atoms with E-state index in [9.17, 15) is 9.90 Å². The number of hydrogen-bond acceptors (Lipinski definition) is 5. The van der Waals surface area contributed by atoms with E-state index in [2.05, 4.69) is 54.7 Å². The summed E-state index contributed by atoms with van der Waals surface area (Å²) in [6, 6.07) is 8.20. The average Bonchev–Trinajstić information content (AvgIpc) is 3.51. The third-order valence-electron chi connectivity index (χ3n) is 11.2. The number of rotatable bonds is 14. The van der Waals surface area contributed by atoms with Gasteiger partial charge in [0.1, 0.15) is 11.6 Å². The first kappa shape index (κ1) is 36.9. The molecule has 1 aromatic rings. The molecule has 0 saturated carbocycles. The van der Waals surface area contributed by atoms with Crippen molar-refractivity contribution in [2.75, 3.05) is 19.7 Å². The van der Waals surface area contributed by atoms with Crippen LogP contribution in [-0.4, -0.2) is 86.0 Å².